The third-order valence-corrected chi connectivity index (χ3v) is 6.96. The standard InChI is InChI=1S/C21H18ClN7O7S/c1-35-27-14(17-24-7-6-13(23)25-17)18(30)26-15-19(31)28-16(12(22)9-37-20(15)28)21(32)36-8-10-2-4-11(5-3-10)29(33)34/h2-7,15,20H,8-9H2,1H3,(H,26,30)(H2,23,24,25)/b27-14-/t15?,20-/m1/s1. The van der Waals surface area contributed by atoms with Crippen molar-refractivity contribution >= 4 is 58.4 Å². The van der Waals surface area contributed by atoms with Crippen molar-refractivity contribution in [3.05, 3.63) is 68.8 Å². The van der Waals surface area contributed by atoms with E-state index in [4.69, 9.17) is 26.9 Å². The number of carbonyl (C=O) groups excluding carboxylic acids is 3. The Morgan fingerprint density at radius 1 is 1.35 bits per heavy atom. The summed E-state index contributed by atoms with van der Waals surface area (Å²) in [6, 6.07) is 5.89. The highest BCUT2D eigenvalue weighted by molar-refractivity contribution is 8.00. The van der Waals surface area contributed by atoms with Crippen LogP contribution in [0.25, 0.3) is 0 Å². The maximum Gasteiger partial charge on any atom is 0.356 e. The van der Waals surface area contributed by atoms with Crippen molar-refractivity contribution in [3.8, 4) is 0 Å². The molecule has 2 aliphatic heterocycles. The van der Waals surface area contributed by atoms with Crippen LogP contribution >= 0.6 is 23.4 Å². The summed E-state index contributed by atoms with van der Waals surface area (Å²) in [4.78, 5) is 62.6. The number of halogens is 1. The van der Waals surface area contributed by atoms with Gasteiger partial charge in [0, 0.05) is 24.1 Å². The number of aromatic nitrogens is 2. The number of non-ortho nitro benzene ring substituents is 1. The zero-order chi connectivity index (χ0) is 26.7. The Hall–Kier alpha value is -4.24. The number of benzene rings is 1. The quantitative estimate of drug-likeness (QED) is 0.157. The number of nitrogen functional groups attached to an aromatic ring is 1. The molecule has 1 fully saturated rings. The lowest BCUT2D eigenvalue weighted by molar-refractivity contribution is -0.384. The summed E-state index contributed by atoms with van der Waals surface area (Å²) in [6.07, 6.45) is 1.34. The Morgan fingerprint density at radius 3 is 2.73 bits per heavy atom. The Labute approximate surface area is 218 Å². The van der Waals surface area contributed by atoms with E-state index in [1.165, 1.54) is 55.4 Å². The number of nitrogens with one attached hydrogen (secondary N) is 1. The number of thioether (sulfide) groups is 1. The minimum atomic E-state index is -0.997. The molecule has 2 aliphatic rings. The lowest BCUT2D eigenvalue weighted by atomic mass is 10.0. The first-order valence-electron chi connectivity index (χ1n) is 10.5. The van der Waals surface area contributed by atoms with Gasteiger partial charge in [0.15, 0.2) is 5.82 Å². The SMILES string of the molecule is CO/N=C(\C(=O)NC1C(=O)N2C(C(=O)OCc3ccc([N+](=O)[O-])cc3)=C(Cl)CS[C@H]12)c1nccc(N)n1. The molecular weight excluding hydrogens is 530 g/mol. The number of nitrogens with two attached hydrogens (primary N) is 1. The Morgan fingerprint density at radius 2 is 2.08 bits per heavy atom. The average molecular weight is 548 g/mol. The van der Waals surface area contributed by atoms with Crippen LogP contribution in [0.3, 0.4) is 0 Å². The Kier molecular flexibility index (Phi) is 7.54. The second kappa shape index (κ2) is 10.8. The first-order valence-corrected chi connectivity index (χ1v) is 11.9. The van der Waals surface area contributed by atoms with Gasteiger partial charge >= 0.3 is 5.97 Å². The van der Waals surface area contributed by atoms with Crippen molar-refractivity contribution in [1.29, 1.82) is 0 Å². The maximum absolute atomic E-state index is 12.9. The minimum Gasteiger partial charge on any atom is -0.456 e. The van der Waals surface area contributed by atoms with Crippen LogP contribution in [0.4, 0.5) is 11.5 Å². The molecule has 3 N–H and O–H groups in total. The minimum absolute atomic E-state index is 0.0993. The van der Waals surface area contributed by atoms with Crippen molar-refractivity contribution < 1.29 is 28.9 Å². The highest BCUT2D eigenvalue weighted by Gasteiger charge is 2.54. The van der Waals surface area contributed by atoms with Gasteiger partial charge in [-0.3, -0.25) is 24.6 Å². The monoisotopic (exact) mass is 547 g/mol. The largest absolute Gasteiger partial charge is 0.456 e. The number of oxime groups is 1. The average Bonchev–Trinajstić information content (AvgIpc) is 2.88. The van der Waals surface area contributed by atoms with Gasteiger partial charge in [0.05, 0.1) is 9.96 Å². The fourth-order valence-corrected chi connectivity index (χ4v) is 5.02. The van der Waals surface area contributed by atoms with Gasteiger partial charge in [0.25, 0.3) is 17.5 Å². The number of carbonyl (C=O) groups is 3. The van der Waals surface area contributed by atoms with Gasteiger partial charge in [-0.2, -0.15) is 0 Å². The second-order valence-corrected chi connectivity index (χ2v) is 9.10. The number of nitrogens with zero attached hydrogens (tertiary/aromatic N) is 5. The number of hydrogen-bond donors (Lipinski definition) is 2. The van der Waals surface area contributed by atoms with Crippen molar-refractivity contribution in [2.45, 2.75) is 18.0 Å². The molecule has 1 aromatic heterocycles. The summed E-state index contributed by atoms with van der Waals surface area (Å²) < 4.78 is 5.29. The van der Waals surface area contributed by atoms with Crippen LogP contribution in [0.1, 0.15) is 11.4 Å². The summed E-state index contributed by atoms with van der Waals surface area (Å²) in [7, 11) is 1.23. The van der Waals surface area contributed by atoms with Gasteiger partial charge in [-0.1, -0.05) is 16.8 Å². The molecular formula is C21H18ClN7O7S. The molecule has 2 amide bonds. The molecule has 2 atom stereocenters. The highest BCUT2D eigenvalue weighted by Crippen LogP contribution is 2.41. The molecule has 37 heavy (non-hydrogen) atoms. The molecule has 0 aliphatic carbocycles. The molecule has 192 valence electrons. The first kappa shape index (κ1) is 25.8. The number of hydrogen-bond acceptors (Lipinski definition) is 12. The number of nitro groups is 1. The molecule has 14 nitrogen and oxygen atoms in total. The van der Waals surface area contributed by atoms with Crippen molar-refractivity contribution in [1.82, 2.24) is 20.2 Å². The van der Waals surface area contributed by atoms with Gasteiger partial charge in [-0.15, -0.1) is 11.8 Å². The van der Waals surface area contributed by atoms with Gasteiger partial charge < -0.3 is 20.6 Å². The maximum atomic E-state index is 12.9. The molecule has 0 spiro atoms. The molecule has 1 aromatic carbocycles. The molecule has 4 rings (SSSR count). The third-order valence-electron chi connectivity index (χ3n) is 5.21. The van der Waals surface area contributed by atoms with E-state index in [0.29, 0.717) is 5.56 Å². The predicted molar refractivity (Wildman–Crippen MR) is 131 cm³/mol. The van der Waals surface area contributed by atoms with Gasteiger partial charge in [0.1, 0.15) is 36.6 Å². The number of anilines is 1. The summed E-state index contributed by atoms with van der Waals surface area (Å²) in [5.41, 5.74) is 5.62. The van der Waals surface area contributed by atoms with Gasteiger partial charge in [-0.05, 0) is 23.8 Å². The number of ether oxygens (including phenoxy) is 1. The fraction of sp³-hybridized carbons (Fsp3) is 0.238. The van der Waals surface area contributed by atoms with Crippen LogP contribution in [-0.2, 0) is 30.6 Å². The zero-order valence-electron chi connectivity index (χ0n) is 19.0. The van der Waals surface area contributed by atoms with E-state index < -0.39 is 34.1 Å². The zero-order valence-corrected chi connectivity index (χ0v) is 20.6. The normalized spacial score (nSPS) is 19.0. The lowest BCUT2D eigenvalue weighted by Gasteiger charge is -2.49. The van der Waals surface area contributed by atoms with E-state index >= 15 is 0 Å². The van der Waals surface area contributed by atoms with Crippen LogP contribution in [0.2, 0.25) is 0 Å². The number of β-lactam (4-membered cyclic amide) rings is 1. The van der Waals surface area contributed by atoms with Crippen molar-refractivity contribution in [3.63, 3.8) is 0 Å². The van der Waals surface area contributed by atoms with E-state index in [0.717, 1.165) is 4.90 Å². The predicted octanol–water partition coefficient (Wildman–Crippen LogP) is 0.911. The van der Waals surface area contributed by atoms with Crippen LogP contribution in [0.15, 0.2) is 52.4 Å². The Balaban J connectivity index is 1.43. The van der Waals surface area contributed by atoms with E-state index in [9.17, 15) is 24.5 Å². The van der Waals surface area contributed by atoms with Crippen LogP contribution < -0.4 is 11.1 Å². The smallest absolute Gasteiger partial charge is 0.356 e. The molecule has 1 unspecified atom stereocenters. The first-order chi connectivity index (χ1) is 17.7. The number of nitro benzene ring substituents is 1. The van der Waals surface area contributed by atoms with E-state index in [1.807, 2.05) is 0 Å². The molecule has 16 heteroatoms. The van der Waals surface area contributed by atoms with Crippen LogP contribution in [-0.4, -0.2) is 67.6 Å². The molecule has 0 bridgehead atoms. The fourth-order valence-electron chi connectivity index (χ4n) is 3.47. The van der Waals surface area contributed by atoms with Gasteiger partial charge in [0.2, 0.25) is 5.71 Å². The van der Waals surface area contributed by atoms with Gasteiger partial charge in [-0.25, -0.2) is 14.8 Å². The van der Waals surface area contributed by atoms with Crippen LogP contribution in [0, 0.1) is 10.1 Å². The van der Waals surface area contributed by atoms with E-state index in [-0.39, 0.29) is 46.1 Å². The highest BCUT2D eigenvalue weighted by atomic mass is 35.5. The summed E-state index contributed by atoms with van der Waals surface area (Å²) >= 11 is 7.50. The molecule has 2 aromatic rings. The number of esters is 1. The van der Waals surface area contributed by atoms with Crippen molar-refractivity contribution in [2.24, 2.45) is 5.16 Å². The number of amides is 2. The number of rotatable bonds is 8. The summed E-state index contributed by atoms with van der Waals surface area (Å²) in [5, 5.41) is 16.5. The third kappa shape index (κ3) is 5.31. The van der Waals surface area contributed by atoms with Crippen molar-refractivity contribution in [2.75, 3.05) is 18.6 Å². The van der Waals surface area contributed by atoms with E-state index in [1.54, 1.807) is 0 Å². The lowest BCUT2D eigenvalue weighted by Crippen LogP contribution is -2.71. The van der Waals surface area contributed by atoms with Crippen LogP contribution in [0.5, 0.6) is 0 Å². The number of fused-ring (bicyclic) bond motifs is 1. The topological polar surface area (TPSA) is 192 Å². The summed E-state index contributed by atoms with van der Waals surface area (Å²) in [5.74, 6) is -2.02. The molecule has 0 saturated carbocycles. The molecule has 3 heterocycles. The Bertz CT molecular complexity index is 1330. The summed E-state index contributed by atoms with van der Waals surface area (Å²) in [6.45, 7) is -0.193. The second-order valence-electron chi connectivity index (χ2n) is 7.54. The molecule has 0 radical (unpaired) electrons. The van der Waals surface area contributed by atoms with E-state index in [2.05, 4.69) is 20.4 Å². The molecule has 1 saturated heterocycles.